The maximum Gasteiger partial charge on any atom is 0.405 e. The molecule has 40 heavy (non-hydrogen) atoms. The van der Waals surface area contributed by atoms with Gasteiger partial charge in [-0.25, -0.2) is 18.5 Å². The topological polar surface area (TPSA) is 144 Å². The van der Waals surface area contributed by atoms with Gasteiger partial charge >= 0.3 is 6.18 Å². The first kappa shape index (κ1) is 29.9. The normalized spacial score (nSPS) is 21.2. The molecule has 1 aromatic heterocycles. The van der Waals surface area contributed by atoms with Crippen molar-refractivity contribution in [1.29, 1.82) is 0 Å². The van der Waals surface area contributed by atoms with Crippen molar-refractivity contribution in [2.75, 3.05) is 11.4 Å². The number of carbonyl (C=O) groups is 2. The van der Waals surface area contributed by atoms with E-state index in [4.69, 9.17) is 21.5 Å². The number of benzene rings is 1. The Labute approximate surface area is 234 Å². The number of halogens is 4. The van der Waals surface area contributed by atoms with Crippen LogP contribution >= 0.6 is 11.6 Å². The van der Waals surface area contributed by atoms with Gasteiger partial charge in [-0.2, -0.15) is 13.2 Å². The number of nitrogens with one attached hydrogen (secondary N) is 2. The zero-order chi connectivity index (χ0) is 29.5. The number of primary sulfonamides is 1. The van der Waals surface area contributed by atoms with E-state index in [9.17, 15) is 31.2 Å². The molecule has 1 aromatic carbocycles. The summed E-state index contributed by atoms with van der Waals surface area (Å²) in [6.45, 7) is 1.61. The average Bonchev–Trinajstić information content (AvgIpc) is 3.12. The van der Waals surface area contributed by atoms with Crippen LogP contribution in [0.25, 0.3) is 0 Å². The van der Waals surface area contributed by atoms with Crippen LogP contribution in [0.4, 0.5) is 19.0 Å². The van der Waals surface area contributed by atoms with E-state index in [1.54, 1.807) is 6.07 Å². The molecular weight excluding hydrogens is 575 g/mol. The molecule has 3 heterocycles. The highest BCUT2D eigenvalue weighted by atomic mass is 35.5. The first-order valence-electron chi connectivity index (χ1n) is 12.5. The summed E-state index contributed by atoms with van der Waals surface area (Å²) in [7, 11) is -4.16. The molecule has 0 saturated carbocycles. The molecule has 4 N–H and O–H groups in total. The van der Waals surface area contributed by atoms with E-state index < -0.39 is 40.2 Å². The number of carbonyl (C=O) groups excluding carboxylic acids is 2. The molecular formula is C25H29ClF3N5O5S. The van der Waals surface area contributed by atoms with Gasteiger partial charge < -0.3 is 20.3 Å². The molecule has 2 aliphatic heterocycles. The van der Waals surface area contributed by atoms with Crippen molar-refractivity contribution in [3.8, 4) is 5.75 Å². The SMILES string of the molecule is CC(C)(Oc1ccc(Cl)cc1S(N)(=O)=O)C(=O)NC1C[C@H]2CC[C@@H](C1)N2c1ccc(C(=O)NCC(F)(F)F)cn1. The van der Waals surface area contributed by atoms with Crippen LogP contribution in [0.1, 0.15) is 49.9 Å². The minimum absolute atomic E-state index is 0.0241. The number of nitrogens with zero attached hydrogens (tertiary/aromatic N) is 2. The van der Waals surface area contributed by atoms with E-state index in [1.165, 1.54) is 38.2 Å². The maximum absolute atomic E-state index is 13.2. The Kier molecular flexibility index (Phi) is 8.25. The molecule has 3 atom stereocenters. The van der Waals surface area contributed by atoms with Crippen molar-refractivity contribution in [3.63, 3.8) is 0 Å². The van der Waals surface area contributed by atoms with Crippen LogP contribution in [-0.4, -0.2) is 61.7 Å². The smallest absolute Gasteiger partial charge is 0.405 e. The van der Waals surface area contributed by atoms with Gasteiger partial charge in [0.25, 0.3) is 11.8 Å². The number of fused-ring (bicyclic) bond motifs is 2. The van der Waals surface area contributed by atoms with E-state index >= 15 is 0 Å². The number of pyridine rings is 1. The molecule has 0 aliphatic carbocycles. The van der Waals surface area contributed by atoms with Crippen LogP contribution in [0, 0.1) is 0 Å². The summed E-state index contributed by atoms with van der Waals surface area (Å²) in [5.74, 6) is -0.788. The number of hydrogen-bond acceptors (Lipinski definition) is 7. The molecule has 15 heteroatoms. The number of amides is 2. The third-order valence-corrected chi connectivity index (χ3v) is 8.08. The highest BCUT2D eigenvalue weighted by Gasteiger charge is 2.43. The van der Waals surface area contributed by atoms with Gasteiger partial charge in [0.2, 0.25) is 10.0 Å². The van der Waals surface area contributed by atoms with Crippen LogP contribution in [0.2, 0.25) is 5.02 Å². The number of piperidine rings is 1. The van der Waals surface area contributed by atoms with Gasteiger partial charge in [-0.05, 0) is 69.9 Å². The van der Waals surface area contributed by atoms with Gasteiger partial charge in [0.05, 0.1) is 5.56 Å². The van der Waals surface area contributed by atoms with E-state index in [0.29, 0.717) is 18.7 Å². The van der Waals surface area contributed by atoms with E-state index in [2.05, 4.69) is 15.2 Å². The van der Waals surface area contributed by atoms with Gasteiger partial charge in [0.15, 0.2) is 5.60 Å². The van der Waals surface area contributed by atoms with Crippen molar-refractivity contribution < 1.29 is 35.9 Å². The highest BCUT2D eigenvalue weighted by molar-refractivity contribution is 7.89. The molecule has 1 unspecified atom stereocenters. The second-order valence-corrected chi connectivity index (χ2v) is 12.4. The minimum Gasteiger partial charge on any atom is -0.477 e. The molecule has 218 valence electrons. The predicted octanol–water partition coefficient (Wildman–Crippen LogP) is 3.15. The highest BCUT2D eigenvalue weighted by Crippen LogP contribution is 2.39. The quantitative estimate of drug-likeness (QED) is 0.420. The Hall–Kier alpha value is -3.10. The van der Waals surface area contributed by atoms with Crippen molar-refractivity contribution in [2.24, 2.45) is 5.14 Å². The van der Waals surface area contributed by atoms with Gasteiger partial charge in [-0.1, -0.05) is 11.6 Å². The maximum atomic E-state index is 13.2. The van der Waals surface area contributed by atoms with Crippen molar-refractivity contribution in [1.82, 2.24) is 15.6 Å². The van der Waals surface area contributed by atoms with E-state index in [1.807, 2.05) is 5.32 Å². The zero-order valence-corrected chi connectivity index (χ0v) is 23.2. The molecule has 10 nitrogen and oxygen atoms in total. The lowest BCUT2D eigenvalue weighted by atomic mass is 9.96. The zero-order valence-electron chi connectivity index (χ0n) is 21.7. The molecule has 4 rings (SSSR count). The van der Waals surface area contributed by atoms with E-state index in [-0.39, 0.29) is 39.4 Å². The minimum atomic E-state index is -4.51. The summed E-state index contributed by atoms with van der Waals surface area (Å²) in [6, 6.07) is 6.90. The molecule has 2 bridgehead atoms. The van der Waals surface area contributed by atoms with Gasteiger partial charge in [0, 0.05) is 29.3 Å². The fraction of sp³-hybridized carbons (Fsp3) is 0.480. The average molecular weight is 604 g/mol. The van der Waals surface area contributed by atoms with Crippen LogP contribution in [-0.2, 0) is 14.8 Å². The Morgan fingerprint density at radius 1 is 1.15 bits per heavy atom. The number of sulfonamides is 1. The fourth-order valence-corrected chi connectivity index (χ4v) is 6.01. The molecule has 2 aromatic rings. The number of rotatable bonds is 8. The summed E-state index contributed by atoms with van der Waals surface area (Å²) in [5, 5.41) is 10.3. The predicted molar refractivity (Wildman–Crippen MR) is 141 cm³/mol. The monoisotopic (exact) mass is 603 g/mol. The number of aromatic nitrogens is 1. The molecule has 2 amide bonds. The summed E-state index contributed by atoms with van der Waals surface area (Å²) in [6.07, 6.45) is -0.327. The molecule has 2 aliphatic rings. The van der Waals surface area contributed by atoms with Gasteiger partial charge in [-0.15, -0.1) is 0 Å². The molecule has 2 fully saturated rings. The fourth-order valence-electron chi connectivity index (χ4n) is 5.09. The Bertz CT molecular complexity index is 1370. The largest absolute Gasteiger partial charge is 0.477 e. The van der Waals surface area contributed by atoms with Crippen molar-refractivity contribution in [3.05, 3.63) is 47.1 Å². The summed E-state index contributed by atoms with van der Waals surface area (Å²) in [5.41, 5.74) is -1.41. The van der Waals surface area contributed by atoms with Gasteiger partial charge in [-0.3, -0.25) is 9.59 Å². The molecule has 0 spiro atoms. The second kappa shape index (κ2) is 11.1. The lowest BCUT2D eigenvalue weighted by Crippen LogP contribution is -2.55. The standard InChI is InChI=1S/C25H29ClF3N5O5S/c1-24(2,39-19-7-4-15(26)9-20(19)40(30,37)38)23(36)33-16-10-17-5-6-18(11-16)34(17)21-8-3-14(12-31-21)22(35)32-13-25(27,28)29/h3-4,7-9,12,16-18H,5-6,10-11,13H2,1-2H3,(H,32,35)(H,33,36)(H2,30,37,38)/t16?,17-,18+. The lowest BCUT2D eigenvalue weighted by molar-refractivity contribution is -0.135. The van der Waals surface area contributed by atoms with Crippen LogP contribution in [0.3, 0.4) is 0 Å². The Morgan fingerprint density at radius 2 is 1.80 bits per heavy atom. The number of ether oxygens (including phenoxy) is 1. The number of alkyl halides is 3. The Morgan fingerprint density at radius 3 is 2.35 bits per heavy atom. The second-order valence-electron chi connectivity index (χ2n) is 10.4. The number of hydrogen-bond donors (Lipinski definition) is 3. The third-order valence-electron chi connectivity index (χ3n) is 6.92. The van der Waals surface area contributed by atoms with Crippen LogP contribution in [0.5, 0.6) is 5.75 Å². The Balaban J connectivity index is 1.39. The number of nitrogens with two attached hydrogens (primary N) is 1. The molecule has 0 radical (unpaired) electrons. The van der Waals surface area contributed by atoms with E-state index in [0.717, 1.165) is 18.9 Å². The van der Waals surface area contributed by atoms with Crippen molar-refractivity contribution in [2.45, 2.75) is 74.3 Å². The van der Waals surface area contributed by atoms with Gasteiger partial charge in [0.1, 0.15) is 23.0 Å². The third kappa shape index (κ3) is 6.96. The van der Waals surface area contributed by atoms with Crippen LogP contribution < -0.4 is 25.4 Å². The summed E-state index contributed by atoms with van der Waals surface area (Å²) < 4.78 is 66.9. The lowest BCUT2D eigenvalue weighted by Gasteiger charge is -2.40. The van der Waals surface area contributed by atoms with Crippen LogP contribution in [0.15, 0.2) is 41.4 Å². The number of anilines is 1. The summed E-state index contributed by atoms with van der Waals surface area (Å²) in [4.78, 5) is 31.3. The summed E-state index contributed by atoms with van der Waals surface area (Å²) >= 11 is 5.91. The first-order valence-corrected chi connectivity index (χ1v) is 14.4. The first-order chi connectivity index (χ1) is 18.5. The molecule has 2 saturated heterocycles. The van der Waals surface area contributed by atoms with Crippen molar-refractivity contribution >= 4 is 39.3 Å².